The van der Waals surface area contributed by atoms with Crippen molar-refractivity contribution < 1.29 is 0 Å². The number of nitrogens with zero attached hydrogens (tertiary/aromatic N) is 1. The van der Waals surface area contributed by atoms with Crippen LogP contribution in [0.4, 0.5) is 0 Å². The molecule has 0 atom stereocenters. The van der Waals surface area contributed by atoms with Crippen molar-refractivity contribution in [1.82, 2.24) is 0 Å². The molecule has 0 fully saturated rings. The van der Waals surface area contributed by atoms with E-state index >= 15 is 0 Å². The van der Waals surface area contributed by atoms with Crippen molar-refractivity contribution in [3.63, 3.8) is 0 Å². The zero-order valence-corrected chi connectivity index (χ0v) is 22.0. The Labute approximate surface area is 196 Å². The van der Waals surface area contributed by atoms with Gasteiger partial charge >= 0.3 is 197 Å². The molecule has 0 spiro atoms. The second-order valence-corrected chi connectivity index (χ2v) is 11.8. The van der Waals surface area contributed by atoms with E-state index in [2.05, 4.69) is 115 Å². The van der Waals surface area contributed by atoms with Gasteiger partial charge in [-0.3, -0.25) is 0 Å². The number of rotatable bonds is 12. The first kappa shape index (κ1) is 29.6. The summed E-state index contributed by atoms with van der Waals surface area (Å²) in [6, 6.07) is 0. The van der Waals surface area contributed by atoms with Gasteiger partial charge in [0.2, 0.25) is 0 Å². The molecule has 28 heteroatoms. The summed E-state index contributed by atoms with van der Waals surface area (Å²) in [6.45, 7) is 2.83. The van der Waals surface area contributed by atoms with E-state index in [1.54, 1.807) is 0 Å². The van der Waals surface area contributed by atoms with Gasteiger partial charge in [-0.15, -0.1) is 0 Å². The summed E-state index contributed by atoms with van der Waals surface area (Å²) in [6.07, 6.45) is 7.16. The topological polar surface area (TPSA) is 12.4 Å². The van der Waals surface area contributed by atoms with Crippen molar-refractivity contribution in [1.29, 1.82) is 0 Å². The van der Waals surface area contributed by atoms with Crippen molar-refractivity contribution in [3.05, 3.63) is 0 Å². The molecule has 114 valence electrons. The molecule has 0 amide bonds. The van der Waals surface area contributed by atoms with Crippen LogP contribution in [0.15, 0.2) is 4.81 Å². The molecule has 0 aliphatic heterocycles. The molecule has 0 heterocycles. The molecule has 0 saturated heterocycles. The van der Waals surface area contributed by atoms with Gasteiger partial charge in [-0.05, 0) is 0 Å². The average molecular weight is 334 g/mol. The van der Waals surface area contributed by atoms with E-state index in [0.717, 1.165) is 0 Å². The fourth-order valence-corrected chi connectivity index (χ4v) is 6.15. The third-order valence-electron chi connectivity index (χ3n) is 7.05. The molecule has 0 saturated carbocycles. The molecule has 0 aromatic heterocycles. The molecule has 0 radical (unpaired) electrons. The third-order valence-corrected chi connectivity index (χ3v) is 7.05. The SMILES string of the molecule is BB(B)B(/B=N/B(B(B(B)B)B(B)B)B(B(B)B)B(B)B)B(B(B)B)B(B)B. The van der Waals surface area contributed by atoms with Gasteiger partial charge in [0.1, 0.15) is 0 Å². The van der Waals surface area contributed by atoms with E-state index in [9.17, 15) is 0 Å². The normalized spacial score (nSPS) is 9.57. The van der Waals surface area contributed by atoms with Crippen LogP contribution in [-0.2, 0) is 0 Å². The Morgan fingerprint density at radius 2 is 0.679 bits per heavy atom. The summed E-state index contributed by atoms with van der Waals surface area (Å²) in [5.41, 5.74) is 0. The summed E-state index contributed by atoms with van der Waals surface area (Å²) in [5.74, 6) is 0. The summed E-state index contributed by atoms with van der Waals surface area (Å²) in [4.78, 5) is 5.49. The third kappa shape index (κ3) is 8.96. The molecular weight excluding hydrogens is 306 g/mol. The first-order valence-corrected chi connectivity index (χ1v) is 12.3. The van der Waals surface area contributed by atoms with Gasteiger partial charge in [0.05, 0.1) is 0 Å². The van der Waals surface area contributed by atoms with Crippen molar-refractivity contribution in [2.45, 2.75) is 0 Å². The Kier molecular flexibility index (Phi) is 14.6. The molecule has 28 heavy (non-hydrogen) atoms. The summed E-state index contributed by atoms with van der Waals surface area (Å²) < 4.78 is 0. The number of hydrogen-bond acceptors (Lipinski definition) is 1. The van der Waals surface area contributed by atoms with Crippen LogP contribution in [0.25, 0.3) is 0 Å². The van der Waals surface area contributed by atoms with Crippen LogP contribution in [0, 0.1) is 0 Å². The molecule has 0 N–H and O–H groups in total. The number of hydrogen-bond donors (Lipinski definition) is 0. The molecule has 0 unspecified atom stereocenters. The zero-order chi connectivity index (χ0) is 22.3. The van der Waals surface area contributed by atoms with Gasteiger partial charge in [-0.2, -0.15) is 0 Å². The summed E-state index contributed by atoms with van der Waals surface area (Å²) >= 11 is 0. The maximum absolute atomic E-state index is 5.49. The fraction of sp³-hybridized carbons (Fsp3) is 0. The van der Waals surface area contributed by atoms with Crippen molar-refractivity contribution in [2.75, 3.05) is 0 Å². The zero-order valence-electron chi connectivity index (χ0n) is 22.0. The molecule has 0 rings (SSSR count). The first-order chi connectivity index (χ1) is 12.7. The Morgan fingerprint density at radius 1 is 0.393 bits per heavy atom. The predicted molar refractivity (Wildman–Crippen MR) is 197 cm³/mol. The van der Waals surface area contributed by atoms with E-state index in [0.29, 0.717) is 76.9 Å². The molecule has 0 aliphatic rings. The van der Waals surface area contributed by atoms with Crippen LogP contribution in [-0.4, -0.2) is 192 Å². The van der Waals surface area contributed by atoms with Crippen LogP contribution in [0.5, 0.6) is 0 Å². The Morgan fingerprint density at radius 3 is 0.893 bits per heavy atom. The van der Waals surface area contributed by atoms with Crippen LogP contribution >= 0.6 is 0 Å². The van der Waals surface area contributed by atoms with Gasteiger partial charge in [0.25, 0.3) is 0 Å². The Hall–Kier alpha value is 1.55. The maximum atomic E-state index is 5.49. The van der Waals surface area contributed by atoms with Crippen molar-refractivity contribution >= 4 is 192 Å². The van der Waals surface area contributed by atoms with Crippen molar-refractivity contribution in [3.8, 4) is 0 Å². The van der Waals surface area contributed by atoms with E-state index in [1.165, 1.54) is 0 Å². The van der Waals surface area contributed by atoms with E-state index in [-0.39, 0.29) is 0 Å². The first-order valence-electron chi connectivity index (χ1n) is 12.3. The standard InChI is InChI=1S/B27H28N/c1-16(2)23(24(17(3)4)18(5)6)15-28-27(25(19(7)8)20(9)10)26(21(11)12)22(13)14/h1-14H2. The quantitative estimate of drug-likeness (QED) is 0.315. The van der Waals surface area contributed by atoms with Crippen LogP contribution in [0.1, 0.15) is 0 Å². The van der Waals surface area contributed by atoms with Crippen LogP contribution in [0.2, 0.25) is 0 Å². The average Bonchev–Trinajstić information content (AvgIpc) is 2.47. The van der Waals surface area contributed by atoms with Crippen LogP contribution in [0.3, 0.4) is 0 Å². The van der Waals surface area contributed by atoms with Crippen molar-refractivity contribution in [2.24, 2.45) is 4.81 Å². The van der Waals surface area contributed by atoms with Gasteiger partial charge in [-0.25, -0.2) is 0 Å². The van der Waals surface area contributed by atoms with E-state index in [4.69, 9.17) is 4.81 Å². The Bertz CT molecular complexity index is 384. The second-order valence-electron chi connectivity index (χ2n) is 11.8. The predicted octanol–water partition coefficient (Wildman–Crippen LogP) is -17.6. The monoisotopic (exact) mass is 339 g/mol. The molecule has 0 aromatic rings. The van der Waals surface area contributed by atoms with Gasteiger partial charge < -0.3 is 0 Å². The van der Waals surface area contributed by atoms with E-state index < -0.39 is 0 Å². The molecule has 0 aliphatic carbocycles. The second kappa shape index (κ2) is 13.9. The van der Waals surface area contributed by atoms with Gasteiger partial charge in [0.15, 0.2) is 0 Å². The molecule has 1 nitrogen and oxygen atoms in total. The van der Waals surface area contributed by atoms with Gasteiger partial charge in [0, 0.05) is 0 Å². The molecule has 0 aromatic carbocycles. The summed E-state index contributed by atoms with van der Waals surface area (Å²) in [5, 5.41) is 0. The minimum absolute atomic E-state index is 0.418. The minimum atomic E-state index is 0.418. The van der Waals surface area contributed by atoms with Gasteiger partial charge in [-0.1, -0.05) is 0 Å². The summed E-state index contributed by atoms with van der Waals surface area (Å²) in [7, 11) is 33.5. The molecule has 0 bridgehead atoms. The Balaban J connectivity index is 6.20. The molecular formula is H28B27N. The fourth-order valence-electron chi connectivity index (χ4n) is 6.15. The van der Waals surface area contributed by atoms with Crippen LogP contribution < -0.4 is 0 Å². The van der Waals surface area contributed by atoms with E-state index in [1.807, 2.05) is 0 Å².